The largest absolute Gasteiger partial charge is 0.457 e. The van der Waals surface area contributed by atoms with Gasteiger partial charge in [0.05, 0.1) is 16.6 Å². The number of rotatable bonds is 6. The molecular weight excluding hydrogens is 657 g/mol. The summed E-state index contributed by atoms with van der Waals surface area (Å²) in [4.78, 5) is 10.0. The Kier molecular flexibility index (Phi) is 7.70. The number of para-hydroxylation sites is 2. The molecule has 0 saturated heterocycles. The topological polar surface area (TPSA) is 35.0 Å². The van der Waals surface area contributed by atoms with Gasteiger partial charge in [-0.05, 0) is 63.7 Å². The van der Waals surface area contributed by atoms with Crippen molar-refractivity contribution in [1.29, 1.82) is 0 Å². The van der Waals surface area contributed by atoms with Crippen molar-refractivity contribution in [3.05, 3.63) is 229 Å². The molecule has 0 spiro atoms. The monoisotopic (exact) mass is 690 g/mol. The first kappa shape index (κ1) is 31.6. The molecule has 3 nitrogen and oxygen atoms in total. The molecule has 1 aromatic heterocycles. The second-order valence-electron chi connectivity index (χ2n) is 13.7. The lowest BCUT2D eigenvalue weighted by atomic mass is 9.63. The van der Waals surface area contributed by atoms with E-state index in [9.17, 15) is 0 Å². The Morgan fingerprint density at radius 2 is 0.889 bits per heavy atom. The van der Waals surface area contributed by atoms with Crippen LogP contribution in [0.4, 0.5) is 0 Å². The smallest absolute Gasteiger partial charge is 0.160 e. The Morgan fingerprint density at radius 1 is 0.352 bits per heavy atom. The SMILES string of the molecule is c1ccc(-c2nc(-c3cccc(-c4ccc(-c5ccc6c(c5)C(c5ccccc5)(c5ccccc5)c5ccccc5O6)cc4)c3)c3ccccc3n2)cc1. The lowest BCUT2D eigenvalue weighted by molar-refractivity contribution is 0.434. The average Bonchev–Trinajstić information content (AvgIpc) is 3.26. The quantitative estimate of drug-likeness (QED) is 0.174. The van der Waals surface area contributed by atoms with Gasteiger partial charge in [0.2, 0.25) is 0 Å². The second kappa shape index (κ2) is 13.1. The zero-order valence-corrected chi connectivity index (χ0v) is 29.4. The van der Waals surface area contributed by atoms with Gasteiger partial charge in [-0.15, -0.1) is 0 Å². The van der Waals surface area contributed by atoms with Crippen LogP contribution < -0.4 is 4.74 Å². The summed E-state index contributed by atoms with van der Waals surface area (Å²) in [7, 11) is 0. The molecule has 2 heterocycles. The molecule has 0 saturated carbocycles. The van der Waals surface area contributed by atoms with Crippen LogP contribution in [0.3, 0.4) is 0 Å². The van der Waals surface area contributed by atoms with Crippen molar-refractivity contribution in [2.45, 2.75) is 5.41 Å². The van der Waals surface area contributed by atoms with Crippen LogP contribution in [0.1, 0.15) is 22.3 Å². The van der Waals surface area contributed by atoms with Gasteiger partial charge in [-0.2, -0.15) is 0 Å². The molecule has 0 aliphatic carbocycles. The highest BCUT2D eigenvalue weighted by molar-refractivity contribution is 5.94. The van der Waals surface area contributed by atoms with E-state index in [-0.39, 0.29) is 0 Å². The van der Waals surface area contributed by atoms with Crippen LogP contribution in [-0.2, 0) is 5.41 Å². The number of ether oxygens (including phenoxy) is 1. The number of nitrogens with zero attached hydrogens (tertiary/aromatic N) is 2. The highest BCUT2D eigenvalue weighted by atomic mass is 16.5. The lowest BCUT2D eigenvalue weighted by Crippen LogP contribution is -2.34. The van der Waals surface area contributed by atoms with E-state index in [1.54, 1.807) is 0 Å². The van der Waals surface area contributed by atoms with Crippen LogP contribution in [0, 0.1) is 0 Å². The molecular formula is C51H34N2O. The number of hydrogen-bond acceptors (Lipinski definition) is 3. The molecule has 0 atom stereocenters. The van der Waals surface area contributed by atoms with Gasteiger partial charge in [0.1, 0.15) is 11.5 Å². The van der Waals surface area contributed by atoms with Gasteiger partial charge in [-0.25, -0.2) is 9.97 Å². The van der Waals surface area contributed by atoms with Gasteiger partial charge < -0.3 is 4.74 Å². The minimum atomic E-state index is -0.561. The van der Waals surface area contributed by atoms with Gasteiger partial charge in [0.15, 0.2) is 5.82 Å². The van der Waals surface area contributed by atoms with Crippen LogP contribution in [0.5, 0.6) is 11.5 Å². The van der Waals surface area contributed by atoms with Gasteiger partial charge >= 0.3 is 0 Å². The van der Waals surface area contributed by atoms with E-state index in [2.05, 4.69) is 176 Å². The van der Waals surface area contributed by atoms with E-state index < -0.39 is 5.41 Å². The van der Waals surface area contributed by atoms with E-state index in [1.165, 1.54) is 11.1 Å². The number of fused-ring (bicyclic) bond motifs is 3. The van der Waals surface area contributed by atoms with E-state index in [0.717, 1.165) is 78.4 Å². The van der Waals surface area contributed by atoms with Crippen LogP contribution in [-0.4, -0.2) is 9.97 Å². The third-order valence-corrected chi connectivity index (χ3v) is 10.6. The summed E-state index contributed by atoms with van der Waals surface area (Å²) < 4.78 is 6.64. The van der Waals surface area contributed by atoms with Gasteiger partial charge in [0, 0.05) is 27.6 Å². The molecule has 0 unspecified atom stereocenters. The predicted octanol–water partition coefficient (Wildman–Crippen LogP) is 12.8. The Bertz CT molecular complexity index is 2740. The molecule has 0 N–H and O–H groups in total. The van der Waals surface area contributed by atoms with Crippen molar-refractivity contribution in [3.8, 4) is 56.4 Å². The molecule has 254 valence electrons. The minimum Gasteiger partial charge on any atom is -0.457 e. The minimum absolute atomic E-state index is 0.561. The lowest BCUT2D eigenvalue weighted by Gasteiger charge is -2.41. The first-order valence-electron chi connectivity index (χ1n) is 18.3. The fourth-order valence-electron chi connectivity index (χ4n) is 8.10. The standard InChI is InChI=1S/C51H34N2O/c1-4-15-37(16-5-1)50-52-46-25-12-10-23-43(46)49(53-50)40-18-14-17-38(33-40)35-27-29-36(30-28-35)39-31-32-48-45(34-39)51(41-19-6-2-7-20-41,42-21-8-3-9-22-42)44-24-11-13-26-47(44)54-48/h1-34H. The van der Waals surface area contributed by atoms with E-state index in [0.29, 0.717) is 0 Å². The second-order valence-corrected chi connectivity index (χ2v) is 13.7. The third-order valence-electron chi connectivity index (χ3n) is 10.6. The zero-order valence-electron chi connectivity index (χ0n) is 29.4. The summed E-state index contributed by atoms with van der Waals surface area (Å²) in [6.07, 6.45) is 0. The molecule has 3 heteroatoms. The zero-order chi connectivity index (χ0) is 35.9. The van der Waals surface area contributed by atoms with Crippen molar-refractivity contribution >= 4 is 10.9 Å². The molecule has 0 amide bonds. The fourth-order valence-corrected chi connectivity index (χ4v) is 8.10. The van der Waals surface area contributed by atoms with Gasteiger partial charge in [0.25, 0.3) is 0 Å². The summed E-state index contributed by atoms with van der Waals surface area (Å²) in [6, 6.07) is 72.7. The molecule has 10 rings (SSSR count). The summed E-state index contributed by atoms with van der Waals surface area (Å²) >= 11 is 0. The van der Waals surface area contributed by atoms with Crippen molar-refractivity contribution in [1.82, 2.24) is 9.97 Å². The van der Waals surface area contributed by atoms with Crippen LogP contribution in [0.25, 0.3) is 55.8 Å². The molecule has 54 heavy (non-hydrogen) atoms. The van der Waals surface area contributed by atoms with Gasteiger partial charge in [-0.1, -0.05) is 176 Å². The third kappa shape index (κ3) is 5.29. The predicted molar refractivity (Wildman–Crippen MR) is 220 cm³/mol. The van der Waals surface area contributed by atoms with Crippen LogP contribution >= 0.6 is 0 Å². The molecule has 1 aliphatic rings. The molecule has 0 bridgehead atoms. The van der Waals surface area contributed by atoms with Crippen molar-refractivity contribution in [3.63, 3.8) is 0 Å². The maximum absolute atomic E-state index is 6.64. The first-order chi connectivity index (χ1) is 26.8. The van der Waals surface area contributed by atoms with E-state index in [4.69, 9.17) is 14.7 Å². The van der Waals surface area contributed by atoms with E-state index in [1.807, 2.05) is 30.3 Å². The highest BCUT2D eigenvalue weighted by Gasteiger charge is 2.45. The summed E-state index contributed by atoms with van der Waals surface area (Å²) in [6.45, 7) is 0. The number of aromatic nitrogens is 2. The maximum atomic E-state index is 6.64. The summed E-state index contributed by atoms with van der Waals surface area (Å²) in [5, 5.41) is 1.03. The molecule has 8 aromatic carbocycles. The molecule has 9 aromatic rings. The fraction of sp³-hybridized carbons (Fsp3) is 0.0196. The Morgan fingerprint density at radius 3 is 1.61 bits per heavy atom. The molecule has 1 aliphatic heterocycles. The number of hydrogen-bond donors (Lipinski definition) is 0. The van der Waals surface area contributed by atoms with E-state index >= 15 is 0 Å². The normalized spacial score (nSPS) is 12.7. The summed E-state index contributed by atoms with van der Waals surface area (Å²) in [5.74, 6) is 2.47. The van der Waals surface area contributed by atoms with Crippen LogP contribution in [0.15, 0.2) is 206 Å². The first-order valence-corrected chi connectivity index (χ1v) is 18.3. The average molecular weight is 691 g/mol. The van der Waals surface area contributed by atoms with Crippen molar-refractivity contribution in [2.75, 3.05) is 0 Å². The summed E-state index contributed by atoms with van der Waals surface area (Å²) in [5.41, 5.74) is 12.6. The Balaban J connectivity index is 1.06. The van der Waals surface area contributed by atoms with Crippen molar-refractivity contribution in [2.24, 2.45) is 0 Å². The van der Waals surface area contributed by atoms with Crippen LogP contribution in [0.2, 0.25) is 0 Å². The number of benzene rings is 8. The highest BCUT2D eigenvalue weighted by Crippen LogP contribution is 2.55. The van der Waals surface area contributed by atoms with Crippen molar-refractivity contribution < 1.29 is 4.74 Å². The molecule has 0 radical (unpaired) electrons. The Hall–Kier alpha value is -7.10. The maximum Gasteiger partial charge on any atom is 0.160 e. The Labute approximate surface area is 314 Å². The molecule has 0 fully saturated rings. The van der Waals surface area contributed by atoms with Gasteiger partial charge in [-0.3, -0.25) is 0 Å².